The van der Waals surface area contributed by atoms with E-state index >= 15 is 0 Å². The largest absolute Gasteiger partial charge is 0.457 e. The van der Waals surface area contributed by atoms with Gasteiger partial charge in [0.05, 0.1) is 12.2 Å². The van der Waals surface area contributed by atoms with E-state index in [1.807, 2.05) is 62.4 Å². The zero-order chi connectivity index (χ0) is 22.0. The summed E-state index contributed by atoms with van der Waals surface area (Å²) in [5, 5.41) is 7.08. The molecule has 7 nitrogen and oxygen atoms in total. The number of ether oxygens (including phenoxy) is 2. The number of aromatic nitrogens is 2. The number of hydrogen-bond acceptors (Lipinski definition) is 5. The van der Waals surface area contributed by atoms with Crippen LogP contribution in [0.15, 0.2) is 60.8 Å². The second kappa shape index (κ2) is 8.63. The van der Waals surface area contributed by atoms with Crippen LogP contribution in [0.3, 0.4) is 0 Å². The normalized spacial score (nSPS) is 14.5. The van der Waals surface area contributed by atoms with Crippen molar-refractivity contribution in [3.8, 4) is 11.5 Å². The molecule has 1 aromatic heterocycles. The Kier molecular flexibility index (Phi) is 5.75. The minimum absolute atomic E-state index is 0.137. The molecule has 0 radical (unpaired) electrons. The fourth-order valence-electron chi connectivity index (χ4n) is 3.62. The van der Waals surface area contributed by atoms with Gasteiger partial charge in [-0.25, -0.2) is 4.68 Å². The average molecular weight is 419 g/mol. The van der Waals surface area contributed by atoms with E-state index in [0.717, 1.165) is 6.42 Å². The summed E-state index contributed by atoms with van der Waals surface area (Å²) in [5.74, 6) is 0.217. The Hall–Kier alpha value is -3.61. The molecule has 0 aliphatic carbocycles. The molecule has 1 amide bonds. The number of hydrogen-bond donors (Lipinski definition) is 1. The summed E-state index contributed by atoms with van der Waals surface area (Å²) in [5.41, 5.74) is 1.43. The van der Waals surface area contributed by atoms with Crippen molar-refractivity contribution in [2.75, 3.05) is 5.32 Å². The Bertz CT molecular complexity index is 1060. The van der Waals surface area contributed by atoms with Crippen LogP contribution in [0, 0.1) is 0 Å². The quantitative estimate of drug-likeness (QED) is 0.588. The number of nitrogens with zero attached hydrogens (tertiary/aromatic N) is 2. The van der Waals surface area contributed by atoms with Gasteiger partial charge in [0.15, 0.2) is 6.10 Å². The van der Waals surface area contributed by atoms with Gasteiger partial charge in [0.1, 0.15) is 23.2 Å². The molecular weight excluding hydrogens is 394 g/mol. The van der Waals surface area contributed by atoms with Crippen molar-refractivity contribution in [1.82, 2.24) is 9.78 Å². The summed E-state index contributed by atoms with van der Waals surface area (Å²) in [6, 6.07) is 16.6. The van der Waals surface area contributed by atoms with Gasteiger partial charge < -0.3 is 14.8 Å². The van der Waals surface area contributed by atoms with Crippen molar-refractivity contribution in [1.29, 1.82) is 0 Å². The van der Waals surface area contributed by atoms with E-state index in [1.165, 1.54) is 0 Å². The minimum atomic E-state index is -0.977. The summed E-state index contributed by atoms with van der Waals surface area (Å²) < 4.78 is 13.3. The SMILES string of the molecule is CC[C@@H](C)n1nccc1NC(=O)[C@@H](C)OC(=O)C1c2ccccc2Oc2ccccc21. The maximum atomic E-state index is 13.2. The third-order valence-electron chi connectivity index (χ3n) is 5.51. The number of benzene rings is 2. The standard InChI is InChI=1S/C24H25N3O4/c1-4-15(2)27-21(13-14-25-27)26-23(28)16(3)30-24(29)22-17-9-5-7-11-19(17)31-20-12-8-6-10-18(20)22/h5-16,22H,4H2,1-3H3,(H,26,28)/t15-,16-/m1/s1. The molecule has 3 aromatic rings. The van der Waals surface area contributed by atoms with Crippen LogP contribution in [-0.2, 0) is 14.3 Å². The summed E-state index contributed by atoms with van der Waals surface area (Å²) in [7, 11) is 0. The van der Waals surface area contributed by atoms with Crippen LogP contribution >= 0.6 is 0 Å². The molecule has 0 saturated heterocycles. The van der Waals surface area contributed by atoms with E-state index in [4.69, 9.17) is 9.47 Å². The van der Waals surface area contributed by atoms with Crippen molar-refractivity contribution >= 4 is 17.7 Å². The number of rotatable bonds is 6. The maximum absolute atomic E-state index is 13.2. The van der Waals surface area contributed by atoms with E-state index in [-0.39, 0.29) is 6.04 Å². The van der Waals surface area contributed by atoms with Crippen molar-refractivity contribution in [3.63, 3.8) is 0 Å². The van der Waals surface area contributed by atoms with Gasteiger partial charge in [0.2, 0.25) is 0 Å². The predicted octanol–water partition coefficient (Wildman–Crippen LogP) is 4.66. The van der Waals surface area contributed by atoms with E-state index in [1.54, 1.807) is 23.9 Å². The molecule has 0 spiro atoms. The number of amides is 1. The van der Waals surface area contributed by atoms with E-state index in [9.17, 15) is 9.59 Å². The second-order valence-corrected chi connectivity index (χ2v) is 7.60. The van der Waals surface area contributed by atoms with Crippen LogP contribution in [-0.4, -0.2) is 27.8 Å². The molecule has 2 heterocycles. The first-order chi connectivity index (χ1) is 15.0. The first-order valence-electron chi connectivity index (χ1n) is 10.4. The smallest absolute Gasteiger partial charge is 0.318 e. The predicted molar refractivity (Wildman–Crippen MR) is 116 cm³/mol. The number of anilines is 1. The highest BCUT2D eigenvalue weighted by molar-refractivity contribution is 5.95. The summed E-state index contributed by atoms with van der Waals surface area (Å²) >= 11 is 0. The maximum Gasteiger partial charge on any atom is 0.318 e. The molecule has 160 valence electrons. The Morgan fingerprint density at radius 3 is 2.29 bits per heavy atom. The highest BCUT2D eigenvalue weighted by Gasteiger charge is 2.35. The summed E-state index contributed by atoms with van der Waals surface area (Å²) in [4.78, 5) is 25.9. The molecule has 0 saturated carbocycles. The first-order valence-corrected chi connectivity index (χ1v) is 10.4. The molecule has 7 heteroatoms. The van der Waals surface area contributed by atoms with Gasteiger partial charge in [-0.05, 0) is 32.4 Å². The van der Waals surface area contributed by atoms with Crippen molar-refractivity contribution in [2.45, 2.75) is 45.3 Å². The van der Waals surface area contributed by atoms with Gasteiger partial charge in [-0.2, -0.15) is 5.10 Å². The van der Waals surface area contributed by atoms with Gasteiger partial charge >= 0.3 is 5.97 Å². The van der Waals surface area contributed by atoms with Crippen LogP contribution < -0.4 is 10.1 Å². The molecule has 2 aromatic carbocycles. The van der Waals surface area contributed by atoms with E-state index in [0.29, 0.717) is 28.4 Å². The Labute approximate surface area is 181 Å². The van der Waals surface area contributed by atoms with E-state index in [2.05, 4.69) is 10.4 Å². The lowest BCUT2D eigenvalue weighted by Gasteiger charge is -2.27. The van der Waals surface area contributed by atoms with E-state index < -0.39 is 23.9 Å². The number of nitrogens with one attached hydrogen (secondary N) is 1. The third kappa shape index (κ3) is 4.03. The fourth-order valence-corrected chi connectivity index (χ4v) is 3.62. The highest BCUT2D eigenvalue weighted by Crippen LogP contribution is 2.44. The van der Waals surface area contributed by atoms with Gasteiger partial charge in [-0.15, -0.1) is 0 Å². The first kappa shape index (κ1) is 20.7. The molecule has 2 atom stereocenters. The number of fused-ring (bicyclic) bond motifs is 2. The molecule has 1 aliphatic heterocycles. The number of carbonyl (C=O) groups is 2. The molecule has 0 unspecified atom stereocenters. The van der Waals surface area contributed by atoms with Gasteiger partial charge in [-0.3, -0.25) is 9.59 Å². The fraction of sp³-hybridized carbons (Fsp3) is 0.292. The molecular formula is C24H25N3O4. The lowest BCUT2D eigenvalue weighted by Crippen LogP contribution is -2.33. The number of para-hydroxylation sites is 2. The van der Waals surface area contributed by atoms with Crippen LogP contribution in [0.4, 0.5) is 5.82 Å². The zero-order valence-electron chi connectivity index (χ0n) is 17.7. The van der Waals surface area contributed by atoms with Gasteiger partial charge in [0.25, 0.3) is 5.91 Å². The highest BCUT2D eigenvalue weighted by atomic mass is 16.5. The average Bonchev–Trinajstić information content (AvgIpc) is 3.24. The van der Waals surface area contributed by atoms with Crippen molar-refractivity contribution in [2.24, 2.45) is 0 Å². The summed E-state index contributed by atoms with van der Waals surface area (Å²) in [6.07, 6.45) is 1.53. The minimum Gasteiger partial charge on any atom is -0.457 e. The molecule has 4 rings (SSSR count). The van der Waals surface area contributed by atoms with Gasteiger partial charge in [0, 0.05) is 17.2 Å². The Morgan fingerprint density at radius 2 is 1.68 bits per heavy atom. The number of esters is 1. The molecule has 31 heavy (non-hydrogen) atoms. The van der Waals surface area contributed by atoms with Crippen LogP contribution in [0.1, 0.15) is 50.3 Å². The Morgan fingerprint density at radius 1 is 1.06 bits per heavy atom. The summed E-state index contributed by atoms with van der Waals surface area (Å²) in [6.45, 7) is 5.63. The van der Waals surface area contributed by atoms with Crippen molar-refractivity contribution in [3.05, 3.63) is 71.9 Å². The monoisotopic (exact) mass is 419 g/mol. The lowest BCUT2D eigenvalue weighted by atomic mass is 9.88. The topological polar surface area (TPSA) is 82.5 Å². The molecule has 0 fully saturated rings. The zero-order valence-corrected chi connectivity index (χ0v) is 17.7. The van der Waals surface area contributed by atoms with Crippen LogP contribution in [0.25, 0.3) is 0 Å². The van der Waals surface area contributed by atoms with Crippen LogP contribution in [0.2, 0.25) is 0 Å². The van der Waals surface area contributed by atoms with Crippen LogP contribution in [0.5, 0.6) is 11.5 Å². The lowest BCUT2D eigenvalue weighted by molar-refractivity contribution is -0.153. The van der Waals surface area contributed by atoms with Crippen molar-refractivity contribution < 1.29 is 19.1 Å². The Balaban J connectivity index is 1.52. The molecule has 1 N–H and O–H groups in total. The number of carbonyl (C=O) groups excluding carboxylic acids is 2. The second-order valence-electron chi connectivity index (χ2n) is 7.60. The molecule has 1 aliphatic rings. The van der Waals surface area contributed by atoms with Gasteiger partial charge in [-0.1, -0.05) is 43.3 Å². The molecule has 0 bridgehead atoms. The third-order valence-corrected chi connectivity index (χ3v) is 5.51.